The monoisotopic (exact) mass is 416 g/mol. The van der Waals surface area contributed by atoms with Gasteiger partial charge < -0.3 is 9.80 Å². The molecule has 0 radical (unpaired) electrons. The Balaban J connectivity index is 1.44. The number of halogens is 1. The van der Waals surface area contributed by atoms with E-state index in [1.54, 1.807) is 6.07 Å². The van der Waals surface area contributed by atoms with E-state index in [9.17, 15) is 4.39 Å². The van der Waals surface area contributed by atoms with Gasteiger partial charge in [-0.1, -0.05) is 30.3 Å². The third kappa shape index (κ3) is 3.83. The minimum absolute atomic E-state index is 0.247. The zero-order valence-electron chi connectivity index (χ0n) is 17.8. The van der Waals surface area contributed by atoms with Crippen LogP contribution in [0.2, 0.25) is 0 Å². The highest BCUT2D eigenvalue weighted by Crippen LogP contribution is 2.26. The Bertz CT molecular complexity index is 1210. The van der Waals surface area contributed by atoms with Crippen LogP contribution in [0.5, 0.6) is 0 Å². The highest BCUT2D eigenvalue weighted by molar-refractivity contribution is 5.56. The van der Waals surface area contributed by atoms with E-state index >= 15 is 0 Å². The van der Waals surface area contributed by atoms with E-state index in [0.717, 1.165) is 48.8 Å². The van der Waals surface area contributed by atoms with Gasteiger partial charge in [0, 0.05) is 49.5 Å². The van der Waals surface area contributed by atoms with Crippen molar-refractivity contribution in [3.8, 4) is 0 Å². The maximum absolute atomic E-state index is 13.6. The Hall–Kier alpha value is -3.48. The van der Waals surface area contributed by atoms with Crippen LogP contribution in [0.1, 0.15) is 22.6 Å². The summed E-state index contributed by atoms with van der Waals surface area (Å²) in [6.45, 7) is 7.78. The third-order valence-corrected chi connectivity index (χ3v) is 5.93. The molecule has 158 valence electrons. The number of aryl methyl sites for hydroxylation is 1. The predicted molar refractivity (Wildman–Crippen MR) is 120 cm³/mol. The van der Waals surface area contributed by atoms with E-state index in [0.29, 0.717) is 18.0 Å². The van der Waals surface area contributed by atoms with Gasteiger partial charge in [0.25, 0.3) is 5.78 Å². The highest BCUT2D eigenvalue weighted by atomic mass is 19.1. The number of piperazine rings is 1. The average Bonchev–Trinajstić information content (AvgIpc) is 3.17. The van der Waals surface area contributed by atoms with Crippen LogP contribution in [0.15, 0.2) is 54.6 Å². The number of aromatic nitrogens is 4. The molecular formula is C24H25FN6. The Morgan fingerprint density at radius 1 is 0.871 bits per heavy atom. The van der Waals surface area contributed by atoms with Crippen LogP contribution in [0, 0.1) is 19.7 Å². The second-order valence-corrected chi connectivity index (χ2v) is 8.00. The van der Waals surface area contributed by atoms with Gasteiger partial charge in [-0.2, -0.15) is 9.50 Å². The molecule has 0 bridgehead atoms. The van der Waals surface area contributed by atoms with E-state index in [4.69, 9.17) is 5.10 Å². The van der Waals surface area contributed by atoms with Crippen LogP contribution in [0.25, 0.3) is 5.78 Å². The van der Waals surface area contributed by atoms with Crippen molar-refractivity contribution >= 4 is 17.3 Å². The molecule has 4 aromatic rings. The Kier molecular flexibility index (Phi) is 5.02. The fraction of sp³-hybridized carbons (Fsp3) is 0.292. The minimum Gasteiger partial charge on any atom is -0.368 e. The van der Waals surface area contributed by atoms with Crippen LogP contribution in [-0.2, 0) is 6.42 Å². The summed E-state index contributed by atoms with van der Waals surface area (Å²) in [4.78, 5) is 14.1. The van der Waals surface area contributed by atoms with Crippen molar-refractivity contribution in [3.63, 3.8) is 0 Å². The number of rotatable bonds is 4. The summed E-state index contributed by atoms with van der Waals surface area (Å²) in [6, 6.07) is 17.1. The Morgan fingerprint density at radius 2 is 1.61 bits per heavy atom. The van der Waals surface area contributed by atoms with E-state index in [1.807, 2.05) is 23.6 Å². The molecule has 7 heteroatoms. The molecule has 0 amide bonds. The van der Waals surface area contributed by atoms with Gasteiger partial charge in [0.05, 0.1) is 0 Å². The Labute approximate surface area is 181 Å². The van der Waals surface area contributed by atoms with Crippen LogP contribution in [-0.4, -0.2) is 45.8 Å². The molecule has 0 unspecified atom stereocenters. The molecular weight excluding hydrogens is 391 g/mol. The molecule has 0 atom stereocenters. The van der Waals surface area contributed by atoms with Gasteiger partial charge in [0.1, 0.15) is 11.6 Å². The maximum Gasteiger partial charge on any atom is 0.254 e. The van der Waals surface area contributed by atoms with Crippen molar-refractivity contribution in [1.82, 2.24) is 19.6 Å². The lowest BCUT2D eigenvalue weighted by molar-refractivity contribution is 0.625. The minimum atomic E-state index is -0.247. The molecule has 1 aliphatic heterocycles. The first-order valence-electron chi connectivity index (χ1n) is 10.6. The number of hydrogen-bond donors (Lipinski definition) is 0. The van der Waals surface area contributed by atoms with Gasteiger partial charge in [-0.3, -0.25) is 0 Å². The largest absolute Gasteiger partial charge is 0.368 e. The second-order valence-electron chi connectivity index (χ2n) is 8.00. The number of nitrogens with zero attached hydrogens (tertiary/aromatic N) is 6. The predicted octanol–water partition coefficient (Wildman–Crippen LogP) is 3.80. The number of hydrogen-bond acceptors (Lipinski definition) is 5. The summed E-state index contributed by atoms with van der Waals surface area (Å²) in [5.74, 6) is 2.04. The molecule has 5 rings (SSSR count). The SMILES string of the molecule is Cc1nc2nc(Cc3cccc(F)c3)nn2c(N2CCN(c3ccccc3)CC2)c1C. The fourth-order valence-corrected chi connectivity index (χ4v) is 4.21. The molecule has 0 N–H and O–H groups in total. The highest BCUT2D eigenvalue weighted by Gasteiger charge is 2.23. The van der Waals surface area contributed by atoms with Crippen molar-refractivity contribution in [2.24, 2.45) is 0 Å². The third-order valence-electron chi connectivity index (χ3n) is 5.93. The van der Waals surface area contributed by atoms with E-state index in [2.05, 4.69) is 51.0 Å². The maximum atomic E-state index is 13.6. The van der Waals surface area contributed by atoms with Crippen molar-refractivity contribution in [2.75, 3.05) is 36.0 Å². The van der Waals surface area contributed by atoms with E-state index < -0.39 is 0 Å². The first kappa shape index (κ1) is 19.5. The molecule has 6 nitrogen and oxygen atoms in total. The van der Waals surface area contributed by atoms with Crippen LogP contribution in [0.3, 0.4) is 0 Å². The van der Waals surface area contributed by atoms with Gasteiger partial charge in [-0.25, -0.2) is 9.37 Å². The zero-order chi connectivity index (χ0) is 21.4. The van der Waals surface area contributed by atoms with Crippen molar-refractivity contribution in [2.45, 2.75) is 20.3 Å². The summed E-state index contributed by atoms with van der Waals surface area (Å²) in [5, 5.41) is 4.76. The molecule has 0 saturated carbocycles. The summed E-state index contributed by atoms with van der Waals surface area (Å²) in [7, 11) is 0. The summed E-state index contributed by atoms with van der Waals surface area (Å²) < 4.78 is 15.4. The van der Waals surface area contributed by atoms with Crippen LogP contribution < -0.4 is 9.80 Å². The van der Waals surface area contributed by atoms with Gasteiger partial charge in [0.2, 0.25) is 0 Å². The standard InChI is InChI=1S/C24H25FN6/c1-17-18(2)26-24-27-22(16-19-7-6-8-20(25)15-19)28-31(24)23(17)30-13-11-29(12-14-30)21-9-4-3-5-10-21/h3-10,15H,11-14,16H2,1-2H3. The summed E-state index contributed by atoms with van der Waals surface area (Å²) >= 11 is 0. The topological polar surface area (TPSA) is 49.6 Å². The first-order valence-corrected chi connectivity index (χ1v) is 10.6. The van der Waals surface area contributed by atoms with Gasteiger partial charge in [-0.15, -0.1) is 5.10 Å². The smallest absolute Gasteiger partial charge is 0.254 e. The first-order chi connectivity index (χ1) is 15.1. The zero-order valence-corrected chi connectivity index (χ0v) is 17.8. The quantitative estimate of drug-likeness (QED) is 0.507. The molecule has 0 aliphatic carbocycles. The summed E-state index contributed by atoms with van der Waals surface area (Å²) in [6.07, 6.45) is 0.473. The van der Waals surface area contributed by atoms with Gasteiger partial charge in [-0.05, 0) is 43.7 Å². The number of anilines is 2. The normalized spacial score (nSPS) is 14.4. The number of fused-ring (bicyclic) bond motifs is 1. The number of benzene rings is 2. The molecule has 2 aromatic carbocycles. The Morgan fingerprint density at radius 3 is 2.35 bits per heavy atom. The summed E-state index contributed by atoms with van der Waals surface area (Å²) in [5.41, 5.74) is 4.18. The van der Waals surface area contributed by atoms with Gasteiger partial charge >= 0.3 is 0 Å². The lowest BCUT2D eigenvalue weighted by Crippen LogP contribution is -2.47. The van der Waals surface area contributed by atoms with Crippen molar-refractivity contribution < 1.29 is 4.39 Å². The molecule has 0 spiro atoms. The number of para-hydroxylation sites is 1. The van der Waals surface area contributed by atoms with Crippen molar-refractivity contribution in [1.29, 1.82) is 0 Å². The second kappa shape index (κ2) is 7.98. The van der Waals surface area contributed by atoms with E-state index in [1.165, 1.54) is 17.8 Å². The lowest BCUT2D eigenvalue weighted by atomic mass is 10.1. The van der Waals surface area contributed by atoms with Crippen LogP contribution in [0.4, 0.5) is 15.9 Å². The molecule has 3 heterocycles. The molecule has 1 fully saturated rings. The fourth-order valence-electron chi connectivity index (χ4n) is 4.21. The molecule has 2 aromatic heterocycles. The van der Waals surface area contributed by atoms with Crippen LogP contribution >= 0.6 is 0 Å². The van der Waals surface area contributed by atoms with E-state index in [-0.39, 0.29) is 5.82 Å². The van der Waals surface area contributed by atoms with Gasteiger partial charge in [0.15, 0.2) is 5.82 Å². The molecule has 1 aliphatic rings. The average molecular weight is 417 g/mol. The lowest BCUT2D eigenvalue weighted by Gasteiger charge is -2.37. The molecule has 31 heavy (non-hydrogen) atoms. The van der Waals surface area contributed by atoms with Crippen molar-refractivity contribution in [3.05, 3.63) is 83.1 Å². The molecule has 1 saturated heterocycles.